The summed E-state index contributed by atoms with van der Waals surface area (Å²) >= 11 is 0. The van der Waals surface area contributed by atoms with Gasteiger partial charge in [0, 0.05) is 24.8 Å². The predicted molar refractivity (Wildman–Crippen MR) is 73.1 cm³/mol. The molecular formula is C15H18N4O. The zero-order chi connectivity index (χ0) is 13.6. The van der Waals surface area contributed by atoms with Gasteiger partial charge in [0.1, 0.15) is 11.8 Å². The van der Waals surface area contributed by atoms with E-state index >= 15 is 0 Å². The van der Waals surface area contributed by atoms with Crippen LogP contribution in [0.2, 0.25) is 0 Å². The lowest BCUT2D eigenvalue weighted by Crippen LogP contribution is -2.72. The summed E-state index contributed by atoms with van der Waals surface area (Å²) in [7, 11) is 0. The van der Waals surface area contributed by atoms with Crippen molar-refractivity contribution in [2.75, 3.05) is 18.1 Å². The molecule has 2 unspecified atom stereocenters. The summed E-state index contributed by atoms with van der Waals surface area (Å²) in [5, 5.41) is 8.99. The van der Waals surface area contributed by atoms with Crippen molar-refractivity contribution in [3.8, 4) is 6.07 Å². The smallest absolute Gasteiger partial charge is 0.226 e. The van der Waals surface area contributed by atoms with Gasteiger partial charge in [0.2, 0.25) is 5.95 Å². The molecule has 0 bridgehead atoms. The lowest BCUT2D eigenvalue weighted by Gasteiger charge is -2.63. The van der Waals surface area contributed by atoms with Crippen LogP contribution >= 0.6 is 0 Å². The van der Waals surface area contributed by atoms with Crippen molar-refractivity contribution in [3.05, 3.63) is 18.0 Å². The number of ether oxygens (including phenoxy) is 1. The Morgan fingerprint density at radius 2 is 2.30 bits per heavy atom. The molecule has 2 aliphatic heterocycles. The SMILES string of the molecule is N#Cc1ccnc(N2CC3(CCC3)C2C2CCCO2)n1. The lowest BCUT2D eigenvalue weighted by atomic mass is 9.56. The van der Waals surface area contributed by atoms with Crippen LogP contribution in [0.5, 0.6) is 0 Å². The fraction of sp³-hybridized carbons (Fsp3) is 0.667. The minimum atomic E-state index is 0.318. The highest BCUT2D eigenvalue weighted by molar-refractivity contribution is 5.43. The summed E-state index contributed by atoms with van der Waals surface area (Å²) in [6.45, 7) is 1.90. The molecule has 0 aromatic carbocycles. The summed E-state index contributed by atoms with van der Waals surface area (Å²) in [4.78, 5) is 11.0. The van der Waals surface area contributed by atoms with Crippen LogP contribution in [0.3, 0.4) is 0 Å². The molecule has 2 atom stereocenters. The highest BCUT2D eigenvalue weighted by Crippen LogP contribution is 2.56. The van der Waals surface area contributed by atoms with E-state index in [0.29, 0.717) is 29.2 Å². The van der Waals surface area contributed by atoms with E-state index in [-0.39, 0.29) is 0 Å². The number of nitriles is 1. The Kier molecular flexibility index (Phi) is 2.67. The van der Waals surface area contributed by atoms with E-state index in [1.54, 1.807) is 12.3 Å². The first-order valence-electron chi connectivity index (χ1n) is 7.44. The van der Waals surface area contributed by atoms with E-state index in [0.717, 1.165) is 26.0 Å². The number of hydrogen-bond acceptors (Lipinski definition) is 5. The van der Waals surface area contributed by atoms with E-state index in [1.807, 2.05) is 0 Å². The Hall–Kier alpha value is -1.67. The minimum absolute atomic E-state index is 0.318. The van der Waals surface area contributed by atoms with Crippen molar-refractivity contribution in [2.45, 2.75) is 44.2 Å². The van der Waals surface area contributed by atoms with Crippen molar-refractivity contribution in [2.24, 2.45) is 5.41 Å². The molecule has 3 aliphatic rings. The number of hydrogen-bond donors (Lipinski definition) is 0. The molecule has 2 saturated heterocycles. The Labute approximate surface area is 118 Å². The molecule has 20 heavy (non-hydrogen) atoms. The first-order valence-corrected chi connectivity index (χ1v) is 7.44. The van der Waals surface area contributed by atoms with Gasteiger partial charge in [-0.05, 0) is 31.7 Å². The maximum atomic E-state index is 8.99. The van der Waals surface area contributed by atoms with E-state index in [9.17, 15) is 0 Å². The van der Waals surface area contributed by atoms with Crippen LogP contribution in [-0.2, 0) is 4.74 Å². The maximum Gasteiger partial charge on any atom is 0.226 e. The first-order chi connectivity index (χ1) is 9.82. The van der Waals surface area contributed by atoms with E-state index in [4.69, 9.17) is 10.00 Å². The van der Waals surface area contributed by atoms with E-state index in [1.165, 1.54) is 19.3 Å². The van der Waals surface area contributed by atoms with Gasteiger partial charge in [-0.15, -0.1) is 0 Å². The Morgan fingerprint density at radius 3 is 2.95 bits per heavy atom. The topological polar surface area (TPSA) is 62.0 Å². The van der Waals surface area contributed by atoms with Crippen LogP contribution in [0.1, 0.15) is 37.8 Å². The van der Waals surface area contributed by atoms with Crippen molar-refractivity contribution < 1.29 is 4.74 Å². The molecule has 3 heterocycles. The Morgan fingerprint density at radius 1 is 1.40 bits per heavy atom. The monoisotopic (exact) mass is 270 g/mol. The van der Waals surface area contributed by atoms with Crippen molar-refractivity contribution in [1.82, 2.24) is 9.97 Å². The van der Waals surface area contributed by atoms with Gasteiger partial charge in [-0.2, -0.15) is 5.26 Å². The van der Waals surface area contributed by atoms with E-state index in [2.05, 4.69) is 20.9 Å². The number of anilines is 1. The normalized spacial score (nSPS) is 30.6. The molecule has 5 nitrogen and oxygen atoms in total. The highest BCUT2D eigenvalue weighted by Gasteiger charge is 2.59. The third-order valence-electron chi connectivity index (χ3n) is 5.13. The number of aromatic nitrogens is 2. The van der Waals surface area contributed by atoms with Crippen LogP contribution < -0.4 is 4.90 Å². The van der Waals surface area contributed by atoms with Gasteiger partial charge < -0.3 is 9.64 Å². The fourth-order valence-electron chi connectivity index (χ4n) is 4.02. The zero-order valence-electron chi connectivity index (χ0n) is 11.5. The van der Waals surface area contributed by atoms with Gasteiger partial charge in [0.15, 0.2) is 0 Å². The van der Waals surface area contributed by atoms with Gasteiger partial charge in [0.25, 0.3) is 0 Å². The summed E-state index contributed by atoms with van der Waals surface area (Å²) < 4.78 is 5.93. The number of rotatable bonds is 2. The third-order valence-corrected chi connectivity index (χ3v) is 5.13. The summed E-state index contributed by atoms with van der Waals surface area (Å²) in [6.07, 6.45) is 8.22. The molecule has 1 saturated carbocycles. The van der Waals surface area contributed by atoms with Crippen LogP contribution in [0.25, 0.3) is 0 Å². The van der Waals surface area contributed by atoms with Crippen LogP contribution in [0.15, 0.2) is 12.3 Å². The fourth-order valence-corrected chi connectivity index (χ4v) is 4.02. The second-order valence-electron chi connectivity index (χ2n) is 6.19. The quantitative estimate of drug-likeness (QED) is 0.821. The highest BCUT2D eigenvalue weighted by atomic mass is 16.5. The Balaban J connectivity index is 1.62. The van der Waals surface area contributed by atoms with Gasteiger partial charge in [-0.1, -0.05) is 6.42 Å². The van der Waals surface area contributed by atoms with Gasteiger partial charge in [0.05, 0.1) is 12.1 Å². The van der Waals surface area contributed by atoms with Crippen molar-refractivity contribution in [3.63, 3.8) is 0 Å². The largest absolute Gasteiger partial charge is 0.376 e. The van der Waals surface area contributed by atoms with Crippen LogP contribution in [-0.4, -0.2) is 35.3 Å². The van der Waals surface area contributed by atoms with Crippen molar-refractivity contribution >= 4 is 5.95 Å². The van der Waals surface area contributed by atoms with Crippen molar-refractivity contribution in [1.29, 1.82) is 5.26 Å². The molecule has 1 aromatic heterocycles. The lowest BCUT2D eigenvalue weighted by molar-refractivity contribution is -0.0500. The van der Waals surface area contributed by atoms with Crippen LogP contribution in [0, 0.1) is 16.7 Å². The predicted octanol–water partition coefficient (Wildman–Crippen LogP) is 1.89. The molecule has 3 fully saturated rings. The second-order valence-corrected chi connectivity index (χ2v) is 6.19. The molecule has 5 heteroatoms. The third kappa shape index (κ3) is 1.64. The minimum Gasteiger partial charge on any atom is -0.376 e. The summed E-state index contributed by atoms with van der Waals surface area (Å²) in [5.74, 6) is 0.696. The molecular weight excluding hydrogens is 252 g/mol. The molecule has 1 aliphatic carbocycles. The molecule has 0 radical (unpaired) electrons. The molecule has 0 amide bonds. The second kappa shape index (κ2) is 4.42. The zero-order valence-corrected chi connectivity index (χ0v) is 11.5. The molecule has 1 spiro atoms. The maximum absolute atomic E-state index is 8.99. The average Bonchev–Trinajstić information content (AvgIpc) is 2.90. The molecule has 0 N–H and O–H groups in total. The molecule has 1 aromatic rings. The molecule has 4 rings (SSSR count). The average molecular weight is 270 g/mol. The van der Waals surface area contributed by atoms with Gasteiger partial charge in [-0.25, -0.2) is 9.97 Å². The Bertz CT molecular complexity index is 557. The van der Waals surface area contributed by atoms with E-state index < -0.39 is 0 Å². The van der Waals surface area contributed by atoms with Crippen LogP contribution in [0.4, 0.5) is 5.95 Å². The number of nitrogens with zero attached hydrogens (tertiary/aromatic N) is 4. The molecule has 104 valence electrons. The summed E-state index contributed by atoms with van der Waals surface area (Å²) in [6, 6.07) is 4.16. The van der Waals surface area contributed by atoms with Gasteiger partial charge in [-0.3, -0.25) is 0 Å². The first kappa shape index (κ1) is 12.1. The standard InChI is InChI=1S/C15H18N4O/c16-9-11-4-7-17-14(18-11)19-10-15(5-2-6-15)13(19)12-3-1-8-20-12/h4,7,12-13H,1-3,5-6,8,10H2. The van der Waals surface area contributed by atoms with Gasteiger partial charge >= 0.3 is 0 Å². The summed E-state index contributed by atoms with van der Waals surface area (Å²) in [5.41, 5.74) is 0.872.